The molecule has 0 radical (unpaired) electrons. The smallest absolute Gasteiger partial charge is 0.453 e. The van der Waals surface area contributed by atoms with Crippen LogP contribution in [0.4, 0.5) is 26.3 Å². The lowest BCUT2D eigenvalue weighted by atomic mass is 9.51. The van der Waals surface area contributed by atoms with Gasteiger partial charge in [-0.2, -0.15) is 33.7 Å². The minimum atomic E-state index is -5.47. The summed E-state index contributed by atoms with van der Waals surface area (Å²) in [5.74, 6) is -2.66. The first-order chi connectivity index (χ1) is 20.2. The monoisotopic (exact) mass is 635 g/mol. The zero-order chi connectivity index (χ0) is 31.4. The van der Waals surface area contributed by atoms with E-state index in [-0.39, 0.29) is 35.7 Å². The lowest BCUT2D eigenvalue weighted by Gasteiger charge is -2.53. The zero-order valence-corrected chi connectivity index (χ0v) is 26.2. The number of rotatable bonds is 15. The number of fused-ring (bicyclic) bond motifs is 5. The van der Waals surface area contributed by atoms with Crippen molar-refractivity contribution in [3.63, 3.8) is 0 Å². The number of hydrogen-bond donors (Lipinski definition) is 1. The van der Waals surface area contributed by atoms with Crippen LogP contribution < -0.4 is 0 Å². The number of carbonyl (C=O) groups excluding carboxylic acids is 1. The van der Waals surface area contributed by atoms with E-state index in [9.17, 15) is 31.9 Å². The van der Waals surface area contributed by atoms with Crippen LogP contribution in [-0.2, 0) is 11.2 Å². The molecule has 1 aromatic rings. The van der Waals surface area contributed by atoms with E-state index in [0.29, 0.717) is 24.5 Å². The molecule has 3 nitrogen and oxygen atoms in total. The van der Waals surface area contributed by atoms with E-state index < -0.39 is 30.1 Å². The zero-order valence-electron chi connectivity index (χ0n) is 25.4. The van der Waals surface area contributed by atoms with Crippen LogP contribution in [0.1, 0.15) is 94.6 Å². The standard InChI is InChI=1S/C33H47F6NO2S/c1-31-21-27(34)30-25-11-10-24(41)20-23(25)19-22(29(30)26(31)12-13-28(31)42)9-5-3-4-6-15-40(2)16-8-18-43-17-7-14-32(35,36)33(37,38)39/h10-11,20,22,26-27,29-30,41H,3-9,12-19,21H2,1-2H3/t22-,26+,27+,29+,30+,31+/m1/s1. The summed E-state index contributed by atoms with van der Waals surface area (Å²) in [5, 5.41) is 10.1. The van der Waals surface area contributed by atoms with Gasteiger partial charge in [-0.1, -0.05) is 32.3 Å². The number of halogens is 6. The molecule has 4 rings (SSSR count). The molecule has 6 atom stereocenters. The molecule has 0 aliphatic heterocycles. The van der Waals surface area contributed by atoms with Crippen LogP contribution in [0.2, 0.25) is 0 Å². The summed E-state index contributed by atoms with van der Waals surface area (Å²) < 4.78 is 78.4. The Morgan fingerprint density at radius 2 is 1.72 bits per heavy atom. The fraction of sp³-hybridized carbons (Fsp3) is 0.788. The Morgan fingerprint density at radius 1 is 1.02 bits per heavy atom. The van der Waals surface area contributed by atoms with Gasteiger partial charge in [-0.15, -0.1) is 0 Å². The van der Waals surface area contributed by atoms with Crippen molar-refractivity contribution in [2.24, 2.45) is 23.2 Å². The molecule has 0 bridgehead atoms. The first kappa shape index (κ1) is 34.5. The Labute approximate surface area is 256 Å². The van der Waals surface area contributed by atoms with Gasteiger partial charge in [-0.3, -0.25) is 4.79 Å². The highest BCUT2D eigenvalue weighted by Gasteiger charge is 2.60. The first-order valence-electron chi connectivity index (χ1n) is 15.9. The number of ketones is 1. The minimum Gasteiger partial charge on any atom is -0.508 e. The molecule has 3 aliphatic carbocycles. The molecule has 10 heteroatoms. The number of alkyl halides is 6. The molecular weight excluding hydrogens is 588 g/mol. The number of phenolic OH excluding ortho intramolecular Hbond substituents is 1. The summed E-state index contributed by atoms with van der Waals surface area (Å²) in [5.41, 5.74) is 1.52. The molecule has 43 heavy (non-hydrogen) atoms. The van der Waals surface area contributed by atoms with Crippen molar-refractivity contribution in [2.75, 3.05) is 31.6 Å². The highest BCUT2D eigenvalue weighted by molar-refractivity contribution is 7.99. The van der Waals surface area contributed by atoms with Gasteiger partial charge in [0.25, 0.3) is 0 Å². The fourth-order valence-electron chi connectivity index (χ4n) is 8.16. The molecule has 0 unspecified atom stereocenters. The van der Waals surface area contributed by atoms with Crippen molar-refractivity contribution >= 4 is 17.5 Å². The second kappa shape index (κ2) is 14.3. The molecule has 0 amide bonds. The predicted octanol–water partition coefficient (Wildman–Crippen LogP) is 8.97. The summed E-state index contributed by atoms with van der Waals surface area (Å²) >= 11 is 1.42. The van der Waals surface area contributed by atoms with Crippen molar-refractivity contribution in [1.82, 2.24) is 4.90 Å². The van der Waals surface area contributed by atoms with Crippen LogP contribution in [0, 0.1) is 23.2 Å². The van der Waals surface area contributed by atoms with Crippen LogP contribution in [0.5, 0.6) is 5.75 Å². The Balaban J connectivity index is 1.16. The van der Waals surface area contributed by atoms with E-state index in [1.54, 1.807) is 12.1 Å². The molecular formula is C33H47F6NO2S. The van der Waals surface area contributed by atoms with Gasteiger partial charge in [0.2, 0.25) is 0 Å². The fourth-order valence-corrected chi connectivity index (χ4v) is 9.05. The summed E-state index contributed by atoms with van der Waals surface area (Å²) in [6.45, 7) is 3.79. The molecule has 244 valence electrons. The van der Waals surface area contributed by atoms with Gasteiger partial charge < -0.3 is 10.0 Å². The normalized spacial score (nSPS) is 29.0. The van der Waals surface area contributed by atoms with Crippen LogP contribution in [-0.4, -0.2) is 65.7 Å². The van der Waals surface area contributed by atoms with Crippen LogP contribution in [0.25, 0.3) is 0 Å². The molecule has 0 heterocycles. The maximum atomic E-state index is 15.9. The van der Waals surface area contributed by atoms with E-state index in [2.05, 4.69) is 4.90 Å². The topological polar surface area (TPSA) is 40.5 Å². The largest absolute Gasteiger partial charge is 0.508 e. The Hall–Kier alpha value is -1.42. The summed E-state index contributed by atoms with van der Waals surface area (Å²) in [6, 6.07) is 5.37. The Bertz CT molecular complexity index is 1080. The van der Waals surface area contributed by atoms with Crippen molar-refractivity contribution in [3.05, 3.63) is 29.3 Å². The van der Waals surface area contributed by atoms with Crippen LogP contribution in [0.3, 0.4) is 0 Å². The van der Waals surface area contributed by atoms with E-state index in [1.165, 1.54) is 11.8 Å². The van der Waals surface area contributed by atoms with Gasteiger partial charge in [-0.25, -0.2) is 4.39 Å². The molecule has 2 fully saturated rings. The third-order valence-corrected chi connectivity index (χ3v) is 11.6. The van der Waals surface area contributed by atoms with Crippen molar-refractivity contribution in [2.45, 2.75) is 108 Å². The molecule has 0 aromatic heterocycles. The van der Waals surface area contributed by atoms with Crippen molar-refractivity contribution in [1.29, 1.82) is 0 Å². The summed E-state index contributed by atoms with van der Waals surface area (Å²) in [7, 11) is 2.04. The molecule has 0 saturated heterocycles. The summed E-state index contributed by atoms with van der Waals surface area (Å²) in [4.78, 5) is 15.1. The quantitative estimate of drug-likeness (QED) is 0.154. The van der Waals surface area contributed by atoms with Gasteiger partial charge >= 0.3 is 12.1 Å². The number of nitrogens with zero attached hydrogens (tertiary/aromatic N) is 1. The van der Waals surface area contributed by atoms with E-state index in [0.717, 1.165) is 81.3 Å². The number of aromatic hydroxyl groups is 1. The van der Waals surface area contributed by atoms with Crippen LogP contribution in [0.15, 0.2) is 18.2 Å². The van der Waals surface area contributed by atoms with E-state index in [1.807, 2.05) is 20.0 Å². The molecule has 1 aromatic carbocycles. The van der Waals surface area contributed by atoms with Gasteiger partial charge in [-0.05, 0) is 118 Å². The van der Waals surface area contributed by atoms with Gasteiger partial charge in [0.1, 0.15) is 17.7 Å². The number of benzene rings is 1. The second-order valence-corrected chi connectivity index (χ2v) is 14.7. The third-order valence-electron chi connectivity index (χ3n) is 10.4. The number of hydrogen-bond acceptors (Lipinski definition) is 4. The minimum absolute atomic E-state index is 0.155. The molecule has 1 N–H and O–H groups in total. The number of carbonyl (C=O) groups is 1. The molecule has 2 saturated carbocycles. The molecule has 0 spiro atoms. The second-order valence-electron chi connectivity index (χ2n) is 13.4. The number of phenols is 1. The molecule has 3 aliphatic rings. The summed E-state index contributed by atoms with van der Waals surface area (Å²) in [6.07, 6.45) is 0.805. The van der Waals surface area contributed by atoms with Crippen molar-refractivity contribution in [3.8, 4) is 5.75 Å². The van der Waals surface area contributed by atoms with E-state index >= 15 is 4.39 Å². The highest BCUT2D eigenvalue weighted by Crippen LogP contribution is 2.62. The van der Waals surface area contributed by atoms with Crippen molar-refractivity contribution < 1.29 is 36.2 Å². The average molecular weight is 636 g/mol. The number of Topliss-reactive ketones (excluding diaryl/α,β-unsaturated/α-hetero) is 1. The van der Waals surface area contributed by atoms with E-state index in [4.69, 9.17) is 0 Å². The third kappa shape index (κ3) is 8.06. The van der Waals surface area contributed by atoms with Gasteiger partial charge in [0.05, 0.1) is 0 Å². The maximum absolute atomic E-state index is 15.9. The highest BCUT2D eigenvalue weighted by atomic mass is 32.2. The van der Waals surface area contributed by atoms with Gasteiger partial charge in [0.15, 0.2) is 0 Å². The SMILES string of the molecule is CN(CCCCCC[C@@H]1Cc2cc(O)ccc2[C@@H]2[C@@H]1[C@@H]1CCC(=O)[C@@]1(C)C[C@@H]2F)CCCSCCCC(F)(F)C(F)(F)F. The predicted molar refractivity (Wildman–Crippen MR) is 160 cm³/mol. The first-order valence-corrected chi connectivity index (χ1v) is 17.1. The van der Waals surface area contributed by atoms with Crippen LogP contribution >= 0.6 is 11.8 Å². The lowest BCUT2D eigenvalue weighted by Crippen LogP contribution is -2.50. The Kier molecular flexibility index (Phi) is 11.5. The lowest BCUT2D eigenvalue weighted by molar-refractivity contribution is -0.284. The Morgan fingerprint density at radius 3 is 2.47 bits per heavy atom. The van der Waals surface area contributed by atoms with Gasteiger partial charge in [0, 0.05) is 24.2 Å². The number of unbranched alkanes of at least 4 members (excludes halogenated alkanes) is 3. The maximum Gasteiger partial charge on any atom is 0.453 e. The number of thioether (sulfide) groups is 1. The average Bonchev–Trinajstić information content (AvgIpc) is 3.22.